The number of carbonyl (C=O) groups is 1. The van der Waals surface area contributed by atoms with Gasteiger partial charge in [0.25, 0.3) is 0 Å². The van der Waals surface area contributed by atoms with Gasteiger partial charge in [-0.25, -0.2) is 4.98 Å². The predicted molar refractivity (Wildman–Crippen MR) is 79.6 cm³/mol. The highest BCUT2D eigenvalue weighted by Crippen LogP contribution is 2.28. The maximum Gasteiger partial charge on any atom is 0.233 e. The summed E-state index contributed by atoms with van der Waals surface area (Å²) in [5.74, 6) is 0.795. The van der Waals surface area contributed by atoms with Crippen molar-refractivity contribution >= 4 is 27.7 Å². The molecule has 2 aromatic heterocycles. The molecule has 20 heavy (non-hydrogen) atoms. The van der Waals surface area contributed by atoms with Crippen LogP contribution in [-0.4, -0.2) is 16.0 Å². The lowest BCUT2D eigenvalue weighted by atomic mass is 9.94. The summed E-state index contributed by atoms with van der Waals surface area (Å²) < 4.78 is 5.90. The number of aromatic nitrogens is 2. The van der Waals surface area contributed by atoms with Gasteiger partial charge in [0.15, 0.2) is 0 Å². The fourth-order valence-corrected chi connectivity index (χ4v) is 2.54. The lowest BCUT2D eigenvalue weighted by molar-refractivity contribution is -0.117. The lowest BCUT2D eigenvalue weighted by Gasteiger charge is -2.15. The number of amides is 1. The predicted octanol–water partition coefficient (Wildman–Crippen LogP) is 3.58. The Morgan fingerprint density at radius 1 is 1.50 bits per heavy atom. The molecule has 0 bridgehead atoms. The van der Waals surface area contributed by atoms with Gasteiger partial charge in [0.2, 0.25) is 5.91 Å². The molecule has 1 amide bonds. The van der Waals surface area contributed by atoms with E-state index in [-0.39, 0.29) is 11.8 Å². The topological polar surface area (TPSA) is 68.0 Å². The Hall–Kier alpha value is -1.69. The molecule has 6 heteroatoms. The zero-order chi connectivity index (χ0) is 14.7. The highest BCUT2D eigenvalue weighted by atomic mass is 79.9. The molecule has 0 saturated carbocycles. The van der Waals surface area contributed by atoms with Crippen LogP contribution in [0.3, 0.4) is 0 Å². The molecule has 0 saturated heterocycles. The maximum absolute atomic E-state index is 12.5. The molecule has 0 radical (unpaired) electrons. The van der Waals surface area contributed by atoms with Crippen LogP contribution < -0.4 is 5.32 Å². The number of aryl methyl sites for hydroxylation is 2. The summed E-state index contributed by atoms with van der Waals surface area (Å²) in [6, 6.07) is 3.63. The summed E-state index contributed by atoms with van der Waals surface area (Å²) in [6.07, 6.45) is 2.30. The van der Waals surface area contributed by atoms with E-state index in [9.17, 15) is 4.79 Å². The number of nitrogens with zero attached hydrogens (tertiary/aromatic N) is 2. The minimum Gasteiger partial charge on any atom is -0.361 e. The van der Waals surface area contributed by atoms with Gasteiger partial charge >= 0.3 is 0 Å². The zero-order valence-corrected chi connectivity index (χ0v) is 13.2. The molecule has 0 aromatic carbocycles. The summed E-state index contributed by atoms with van der Waals surface area (Å²) in [5.41, 5.74) is 1.61. The summed E-state index contributed by atoms with van der Waals surface area (Å²) in [6.45, 7) is 5.63. The molecule has 1 N–H and O–H groups in total. The van der Waals surface area contributed by atoms with Crippen LogP contribution in [0.4, 0.5) is 5.82 Å². The number of hydrogen-bond acceptors (Lipinski definition) is 4. The molecule has 0 fully saturated rings. The van der Waals surface area contributed by atoms with Gasteiger partial charge in [0.1, 0.15) is 11.6 Å². The standard InChI is InChI=1S/C14H16BrN3O2/c1-4-10(12-8(2)18-20-9(12)3)14(19)17-13-11(15)6-5-7-16-13/h5-7,10H,4H2,1-3H3,(H,16,17,19)/t10-/m1/s1. The Morgan fingerprint density at radius 2 is 2.25 bits per heavy atom. The number of carbonyl (C=O) groups excluding carboxylic acids is 1. The first-order valence-corrected chi connectivity index (χ1v) is 7.18. The number of anilines is 1. The summed E-state index contributed by atoms with van der Waals surface area (Å²) in [7, 11) is 0. The smallest absolute Gasteiger partial charge is 0.233 e. The second-order valence-electron chi connectivity index (χ2n) is 4.52. The van der Waals surface area contributed by atoms with Crippen molar-refractivity contribution in [2.24, 2.45) is 0 Å². The van der Waals surface area contributed by atoms with Crippen LogP contribution in [0.1, 0.15) is 36.3 Å². The van der Waals surface area contributed by atoms with Gasteiger partial charge in [-0.15, -0.1) is 0 Å². The summed E-state index contributed by atoms with van der Waals surface area (Å²) in [5, 5.41) is 6.75. The molecule has 0 spiro atoms. The van der Waals surface area contributed by atoms with Gasteiger partial charge in [-0.3, -0.25) is 4.79 Å². The Labute approximate surface area is 125 Å². The largest absolute Gasteiger partial charge is 0.361 e. The van der Waals surface area contributed by atoms with E-state index in [1.807, 2.05) is 26.8 Å². The molecule has 0 aliphatic carbocycles. The third-order valence-electron chi connectivity index (χ3n) is 3.16. The van der Waals surface area contributed by atoms with Crippen LogP contribution in [-0.2, 0) is 4.79 Å². The molecule has 2 heterocycles. The second kappa shape index (κ2) is 6.17. The molecule has 106 valence electrons. The number of hydrogen-bond donors (Lipinski definition) is 1. The van der Waals surface area contributed by atoms with E-state index in [0.717, 1.165) is 15.7 Å². The van der Waals surface area contributed by atoms with E-state index < -0.39 is 0 Å². The van der Waals surface area contributed by atoms with E-state index in [1.54, 1.807) is 12.3 Å². The fraction of sp³-hybridized carbons (Fsp3) is 0.357. The van der Waals surface area contributed by atoms with Crippen LogP contribution in [0, 0.1) is 13.8 Å². The number of halogens is 1. The average molecular weight is 338 g/mol. The third-order valence-corrected chi connectivity index (χ3v) is 3.80. The van der Waals surface area contributed by atoms with Crippen molar-refractivity contribution in [1.29, 1.82) is 0 Å². The van der Waals surface area contributed by atoms with Crippen molar-refractivity contribution in [3.63, 3.8) is 0 Å². The fourth-order valence-electron chi connectivity index (χ4n) is 2.19. The van der Waals surface area contributed by atoms with Crippen LogP contribution in [0.2, 0.25) is 0 Å². The zero-order valence-electron chi connectivity index (χ0n) is 11.6. The van der Waals surface area contributed by atoms with E-state index in [2.05, 4.69) is 31.4 Å². The third kappa shape index (κ3) is 2.90. The lowest BCUT2D eigenvalue weighted by Crippen LogP contribution is -2.22. The quantitative estimate of drug-likeness (QED) is 0.925. The molecular weight excluding hydrogens is 322 g/mol. The van der Waals surface area contributed by atoms with Gasteiger partial charge in [-0.1, -0.05) is 12.1 Å². The van der Waals surface area contributed by atoms with Crippen molar-refractivity contribution in [2.75, 3.05) is 5.32 Å². The monoisotopic (exact) mass is 337 g/mol. The van der Waals surface area contributed by atoms with Crippen molar-refractivity contribution < 1.29 is 9.32 Å². The van der Waals surface area contributed by atoms with Crippen LogP contribution in [0.5, 0.6) is 0 Å². The summed E-state index contributed by atoms with van der Waals surface area (Å²) in [4.78, 5) is 16.6. The van der Waals surface area contributed by atoms with Crippen molar-refractivity contribution in [3.05, 3.63) is 39.8 Å². The SMILES string of the molecule is CC[C@@H](C(=O)Nc1ncccc1Br)c1c(C)noc1C. The van der Waals surface area contributed by atoms with Crippen molar-refractivity contribution in [3.8, 4) is 0 Å². The van der Waals surface area contributed by atoms with Crippen molar-refractivity contribution in [2.45, 2.75) is 33.1 Å². The number of nitrogens with one attached hydrogen (secondary N) is 1. The number of rotatable bonds is 4. The number of pyridine rings is 1. The first-order valence-electron chi connectivity index (χ1n) is 6.38. The molecule has 0 aliphatic rings. The van der Waals surface area contributed by atoms with Crippen LogP contribution >= 0.6 is 15.9 Å². The highest BCUT2D eigenvalue weighted by molar-refractivity contribution is 9.10. The van der Waals surface area contributed by atoms with E-state index >= 15 is 0 Å². The molecule has 2 rings (SSSR count). The van der Waals surface area contributed by atoms with Crippen molar-refractivity contribution in [1.82, 2.24) is 10.1 Å². The molecule has 2 aromatic rings. The van der Waals surface area contributed by atoms with E-state index in [1.165, 1.54) is 0 Å². The van der Waals surface area contributed by atoms with Gasteiger partial charge in [-0.05, 0) is 48.3 Å². The van der Waals surface area contributed by atoms with Gasteiger partial charge < -0.3 is 9.84 Å². The molecular formula is C14H16BrN3O2. The minimum absolute atomic E-state index is 0.110. The normalized spacial score (nSPS) is 12.2. The first-order chi connectivity index (χ1) is 9.54. The Morgan fingerprint density at radius 3 is 2.80 bits per heavy atom. The summed E-state index contributed by atoms with van der Waals surface area (Å²) >= 11 is 3.37. The van der Waals surface area contributed by atoms with E-state index in [0.29, 0.717) is 18.0 Å². The highest BCUT2D eigenvalue weighted by Gasteiger charge is 2.26. The molecule has 5 nitrogen and oxygen atoms in total. The minimum atomic E-state index is -0.296. The average Bonchev–Trinajstić information content (AvgIpc) is 2.74. The molecule has 0 aliphatic heterocycles. The Kier molecular flexibility index (Phi) is 4.54. The Balaban J connectivity index is 2.25. The maximum atomic E-state index is 12.5. The second-order valence-corrected chi connectivity index (χ2v) is 5.38. The Bertz CT molecular complexity index is 605. The van der Waals surface area contributed by atoms with Gasteiger partial charge in [0, 0.05) is 11.8 Å². The molecule has 1 atom stereocenters. The van der Waals surface area contributed by atoms with Gasteiger partial charge in [0.05, 0.1) is 16.1 Å². The van der Waals surface area contributed by atoms with E-state index in [4.69, 9.17) is 4.52 Å². The molecule has 0 unspecified atom stereocenters. The van der Waals surface area contributed by atoms with Crippen LogP contribution in [0.15, 0.2) is 27.3 Å². The van der Waals surface area contributed by atoms with Gasteiger partial charge in [-0.2, -0.15) is 0 Å². The van der Waals surface area contributed by atoms with Crippen LogP contribution in [0.25, 0.3) is 0 Å². The first kappa shape index (κ1) is 14.7.